The van der Waals surface area contributed by atoms with Crippen molar-refractivity contribution in [1.82, 2.24) is 5.32 Å². The molecule has 2 heterocycles. The molecule has 1 amide bonds. The quantitative estimate of drug-likeness (QED) is 0.834. The van der Waals surface area contributed by atoms with Crippen LogP contribution >= 0.6 is 0 Å². The van der Waals surface area contributed by atoms with Gasteiger partial charge in [-0.3, -0.25) is 4.79 Å². The Kier molecular flexibility index (Phi) is 4.93. The molecule has 2 aliphatic heterocycles. The number of methoxy groups -OCH3 is 1. The number of benzene rings is 1. The maximum absolute atomic E-state index is 11.4. The van der Waals surface area contributed by atoms with Gasteiger partial charge in [-0.2, -0.15) is 0 Å². The first-order valence-electron chi connectivity index (χ1n) is 7.55. The second-order valence-corrected chi connectivity index (χ2v) is 5.67. The summed E-state index contributed by atoms with van der Waals surface area (Å²) in [7, 11) is 1.46. The summed E-state index contributed by atoms with van der Waals surface area (Å²) in [5, 5.41) is 13.3. The number of carbonyl (C=O) groups excluding carboxylic acids is 1. The number of carbonyl (C=O) groups is 1. The van der Waals surface area contributed by atoms with Crippen molar-refractivity contribution in [2.75, 3.05) is 13.7 Å². The summed E-state index contributed by atoms with van der Waals surface area (Å²) in [6.45, 7) is 1.65. The van der Waals surface area contributed by atoms with Gasteiger partial charge in [-0.25, -0.2) is 0 Å². The number of rotatable bonds is 3. The van der Waals surface area contributed by atoms with E-state index in [4.69, 9.17) is 18.9 Å². The second-order valence-electron chi connectivity index (χ2n) is 5.67. The van der Waals surface area contributed by atoms with Crippen LogP contribution in [0.15, 0.2) is 30.3 Å². The van der Waals surface area contributed by atoms with Crippen molar-refractivity contribution in [3.63, 3.8) is 0 Å². The van der Waals surface area contributed by atoms with Gasteiger partial charge in [0.1, 0.15) is 24.4 Å². The minimum Gasteiger partial charge on any atom is -0.388 e. The Balaban J connectivity index is 1.76. The standard InChI is InChI=1S/C16H21NO6/c1-9(18)17-12-13(19)14-11(22-16(12)20-2)8-21-15(23-14)10-6-4-3-5-7-10/h3-7,11-16,19H,8H2,1-2H3,(H,17,18)/t11-,12+,13-,14+,15+,16+/m1/s1. The Morgan fingerprint density at radius 2 is 2.04 bits per heavy atom. The molecule has 0 radical (unpaired) electrons. The number of ether oxygens (including phenoxy) is 4. The van der Waals surface area contributed by atoms with Crippen molar-refractivity contribution in [1.29, 1.82) is 0 Å². The third-order valence-corrected chi connectivity index (χ3v) is 4.04. The Bertz CT molecular complexity index is 539. The minimum absolute atomic E-state index is 0.272. The largest absolute Gasteiger partial charge is 0.388 e. The van der Waals surface area contributed by atoms with Crippen molar-refractivity contribution >= 4 is 5.91 Å². The fraction of sp³-hybridized carbons (Fsp3) is 0.562. The van der Waals surface area contributed by atoms with Crippen LogP contribution in [0.4, 0.5) is 0 Å². The van der Waals surface area contributed by atoms with Crippen LogP contribution in [-0.2, 0) is 23.7 Å². The first-order chi connectivity index (χ1) is 11.1. The molecule has 2 saturated heterocycles. The van der Waals surface area contributed by atoms with Gasteiger partial charge in [0.25, 0.3) is 0 Å². The Hall–Kier alpha value is -1.51. The zero-order chi connectivity index (χ0) is 16.4. The van der Waals surface area contributed by atoms with E-state index < -0.39 is 36.9 Å². The number of aliphatic hydroxyl groups excluding tert-OH is 1. The van der Waals surface area contributed by atoms with Crippen LogP contribution in [0.25, 0.3) is 0 Å². The molecule has 2 aliphatic rings. The topological polar surface area (TPSA) is 86.2 Å². The molecule has 0 saturated carbocycles. The highest BCUT2D eigenvalue weighted by molar-refractivity contribution is 5.73. The van der Waals surface area contributed by atoms with E-state index in [9.17, 15) is 9.90 Å². The molecule has 0 spiro atoms. The monoisotopic (exact) mass is 323 g/mol. The molecule has 126 valence electrons. The van der Waals surface area contributed by atoms with E-state index in [1.807, 2.05) is 30.3 Å². The van der Waals surface area contributed by atoms with E-state index >= 15 is 0 Å². The van der Waals surface area contributed by atoms with Crippen LogP contribution in [0.3, 0.4) is 0 Å². The van der Waals surface area contributed by atoms with Gasteiger partial charge in [0.05, 0.1) is 6.61 Å². The Labute approximate surface area is 134 Å². The van der Waals surface area contributed by atoms with E-state index in [1.165, 1.54) is 14.0 Å². The van der Waals surface area contributed by atoms with E-state index in [0.29, 0.717) is 0 Å². The van der Waals surface area contributed by atoms with E-state index in [0.717, 1.165) is 5.56 Å². The SMILES string of the molecule is CO[C@H]1O[C@@H]2CO[C@H](c3ccccc3)O[C@@H]2[C@H](O)[C@@H]1NC(C)=O. The summed E-state index contributed by atoms with van der Waals surface area (Å²) in [5.41, 5.74) is 0.864. The number of hydrogen-bond acceptors (Lipinski definition) is 6. The van der Waals surface area contributed by atoms with Gasteiger partial charge in [0.2, 0.25) is 5.91 Å². The molecule has 3 rings (SSSR count). The summed E-state index contributed by atoms with van der Waals surface area (Å²) in [6.07, 6.45) is -3.36. The maximum atomic E-state index is 11.4. The van der Waals surface area contributed by atoms with Gasteiger partial charge in [-0.15, -0.1) is 0 Å². The molecule has 1 aromatic rings. The smallest absolute Gasteiger partial charge is 0.217 e. The normalized spacial score (nSPS) is 37.0. The van der Waals surface area contributed by atoms with Crippen LogP contribution in [0.5, 0.6) is 0 Å². The van der Waals surface area contributed by atoms with Crippen molar-refractivity contribution < 1.29 is 28.8 Å². The van der Waals surface area contributed by atoms with Gasteiger partial charge >= 0.3 is 0 Å². The van der Waals surface area contributed by atoms with Gasteiger partial charge in [-0.1, -0.05) is 30.3 Å². The predicted molar refractivity (Wildman–Crippen MR) is 79.3 cm³/mol. The highest BCUT2D eigenvalue weighted by Gasteiger charge is 2.49. The molecule has 7 nitrogen and oxygen atoms in total. The molecular formula is C16H21NO6. The molecule has 6 atom stereocenters. The number of hydrogen-bond donors (Lipinski definition) is 2. The van der Waals surface area contributed by atoms with E-state index in [-0.39, 0.29) is 12.5 Å². The van der Waals surface area contributed by atoms with Gasteiger partial charge in [-0.05, 0) is 0 Å². The molecule has 1 aromatic carbocycles. The van der Waals surface area contributed by atoms with Gasteiger partial charge < -0.3 is 29.4 Å². The number of amides is 1. The highest BCUT2D eigenvalue weighted by atomic mass is 16.7. The number of aliphatic hydroxyl groups is 1. The van der Waals surface area contributed by atoms with E-state index in [2.05, 4.69) is 5.32 Å². The third kappa shape index (κ3) is 3.39. The molecule has 2 N–H and O–H groups in total. The third-order valence-electron chi connectivity index (χ3n) is 4.04. The second kappa shape index (κ2) is 6.94. The molecule has 7 heteroatoms. The molecule has 0 aliphatic carbocycles. The lowest BCUT2D eigenvalue weighted by molar-refractivity contribution is -0.341. The first kappa shape index (κ1) is 16.4. The first-order valence-corrected chi connectivity index (χ1v) is 7.55. The number of fused-ring (bicyclic) bond motifs is 1. The zero-order valence-electron chi connectivity index (χ0n) is 13.0. The lowest BCUT2D eigenvalue weighted by atomic mass is 9.95. The minimum atomic E-state index is -0.960. The molecule has 0 aromatic heterocycles. The van der Waals surface area contributed by atoms with Crippen LogP contribution < -0.4 is 5.32 Å². The van der Waals surface area contributed by atoms with Crippen molar-refractivity contribution in [3.8, 4) is 0 Å². The van der Waals surface area contributed by atoms with Gasteiger partial charge in [0.15, 0.2) is 12.6 Å². The molecular weight excluding hydrogens is 302 g/mol. The maximum Gasteiger partial charge on any atom is 0.217 e. The fourth-order valence-electron chi connectivity index (χ4n) is 2.96. The van der Waals surface area contributed by atoms with Crippen LogP contribution in [0.1, 0.15) is 18.8 Å². The van der Waals surface area contributed by atoms with Crippen molar-refractivity contribution in [2.24, 2.45) is 0 Å². The Morgan fingerprint density at radius 1 is 1.30 bits per heavy atom. The molecule has 2 fully saturated rings. The molecule has 0 unspecified atom stereocenters. The highest BCUT2D eigenvalue weighted by Crippen LogP contribution is 2.34. The van der Waals surface area contributed by atoms with Crippen molar-refractivity contribution in [2.45, 2.75) is 43.9 Å². The molecule has 23 heavy (non-hydrogen) atoms. The summed E-state index contributed by atoms with van der Waals surface area (Å²) in [4.78, 5) is 11.4. The predicted octanol–water partition coefficient (Wildman–Crippen LogP) is 0.337. The van der Waals surface area contributed by atoms with E-state index in [1.54, 1.807) is 0 Å². The van der Waals surface area contributed by atoms with Crippen LogP contribution in [0, 0.1) is 0 Å². The van der Waals surface area contributed by atoms with Gasteiger partial charge in [0, 0.05) is 19.6 Å². The van der Waals surface area contributed by atoms with Crippen LogP contribution in [-0.4, -0.2) is 55.4 Å². The fourth-order valence-corrected chi connectivity index (χ4v) is 2.96. The molecule has 0 bridgehead atoms. The summed E-state index contributed by atoms with van der Waals surface area (Å²) >= 11 is 0. The summed E-state index contributed by atoms with van der Waals surface area (Å²) < 4.78 is 22.6. The number of nitrogens with one attached hydrogen (secondary N) is 1. The average Bonchev–Trinajstić information content (AvgIpc) is 2.57. The average molecular weight is 323 g/mol. The zero-order valence-corrected chi connectivity index (χ0v) is 13.0. The van der Waals surface area contributed by atoms with Crippen molar-refractivity contribution in [3.05, 3.63) is 35.9 Å². The Morgan fingerprint density at radius 3 is 2.70 bits per heavy atom. The summed E-state index contributed by atoms with van der Waals surface area (Å²) in [6, 6.07) is 8.78. The summed E-state index contributed by atoms with van der Waals surface area (Å²) in [5.74, 6) is -0.273. The van der Waals surface area contributed by atoms with Crippen LogP contribution in [0.2, 0.25) is 0 Å². The lowest BCUT2D eigenvalue weighted by Crippen LogP contribution is -2.66. The lowest BCUT2D eigenvalue weighted by Gasteiger charge is -2.47.